The number of halogens is 1. The molecule has 2 aromatic rings. The van der Waals surface area contributed by atoms with E-state index in [1.54, 1.807) is 45.0 Å². The second kappa shape index (κ2) is 9.19. The molecule has 6 nitrogen and oxygen atoms in total. The van der Waals surface area contributed by atoms with E-state index in [1.165, 1.54) is 18.2 Å². The van der Waals surface area contributed by atoms with Gasteiger partial charge in [0.1, 0.15) is 11.5 Å². The fourth-order valence-electron chi connectivity index (χ4n) is 2.00. The molecule has 0 spiro atoms. The molecule has 1 N–H and O–H groups in total. The van der Waals surface area contributed by atoms with Gasteiger partial charge in [-0.1, -0.05) is 32.4 Å². The van der Waals surface area contributed by atoms with Crippen molar-refractivity contribution in [2.75, 3.05) is 5.32 Å². The third kappa shape index (κ3) is 6.11. The highest BCUT2D eigenvalue weighted by atomic mass is 35.5. The van der Waals surface area contributed by atoms with Gasteiger partial charge in [-0.3, -0.25) is 9.59 Å². The standard InChI is InChI=1S/C20H20ClNO5/c1-4-18(23)26-16-9-14(21)10-17(11-16)27-20(25)13-5-7-15(8-6-13)22-19(24)12(2)3/h5-12H,4H2,1-3H3,(H,22,24). The Bertz CT molecular complexity index is 846. The normalized spacial score (nSPS) is 10.4. The molecule has 0 fully saturated rings. The summed E-state index contributed by atoms with van der Waals surface area (Å²) in [5.74, 6) is -0.931. The summed E-state index contributed by atoms with van der Waals surface area (Å²) >= 11 is 5.98. The lowest BCUT2D eigenvalue weighted by Crippen LogP contribution is -2.17. The molecule has 0 aliphatic carbocycles. The maximum Gasteiger partial charge on any atom is 0.343 e. The maximum atomic E-state index is 12.3. The molecule has 0 saturated carbocycles. The Hall–Kier alpha value is -2.86. The van der Waals surface area contributed by atoms with E-state index >= 15 is 0 Å². The van der Waals surface area contributed by atoms with Crippen LogP contribution < -0.4 is 14.8 Å². The van der Waals surface area contributed by atoms with Crippen molar-refractivity contribution < 1.29 is 23.9 Å². The Morgan fingerprint density at radius 2 is 1.59 bits per heavy atom. The zero-order valence-electron chi connectivity index (χ0n) is 15.2. The fraction of sp³-hybridized carbons (Fsp3) is 0.250. The van der Waals surface area contributed by atoms with Crippen molar-refractivity contribution in [1.29, 1.82) is 0 Å². The molecule has 142 valence electrons. The number of amides is 1. The Morgan fingerprint density at radius 3 is 2.15 bits per heavy atom. The molecule has 0 atom stereocenters. The van der Waals surface area contributed by atoms with Gasteiger partial charge in [-0.2, -0.15) is 0 Å². The van der Waals surface area contributed by atoms with Crippen molar-refractivity contribution >= 4 is 35.1 Å². The Morgan fingerprint density at radius 1 is 1.00 bits per heavy atom. The summed E-state index contributed by atoms with van der Waals surface area (Å²) in [7, 11) is 0. The summed E-state index contributed by atoms with van der Waals surface area (Å²) in [5, 5.41) is 3.01. The highest BCUT2D eigenvalue weighted by Gasteiger charge is 2.13. The third-order valence-electron chi connectivity index (χ3n) is 3.49. The van der Waals surface area contributed by atoms with Crippen LogP contribution in [-0.4, -0.2) is 17.8 Å². The van der Waals surface area contributed by atoms with Crippen LogP contribution in [0.5, 0.6) is 11.5 Å². The maximum absolute atomic E-state index is 12.3. The summed E-state index contributed by atoms with van der Waals surface area (Å²) in [6.45, 7) is 5.25. The van der Waals surface area contributed by atoms with Gasteiger partial charge in [0.2, 0.25) is 5.91 Å². The van der Waals surface area contributed by atoms with Crippen LogP contribution in [0.3, 0.4) is 0 Å². The Kier molecular flexibility index (Phi) is 6.96. The summed E-state index contributed by atoms with van der Waals surface area (Å²) in [6, 6.07) is 10.6. The number of anilines is 1. The van der Waals surface area contributed by atoms with E-state index in [9.17, 15) is 14.4 Å². The largest absolute Gasteiger partial charge is 0.426 e. The van der Waals surface area contributed by atoms with E-state index in [2.05, 4.69) is 5.32 Å². The van der Waals surface area contributed by atoms with E-state index in [4.69, 9.17) is 21.1 Å². The number of hydrogen-bond donors (Lipinski definition) is 1. The quantitative estimate of drug-likeness (QED) is 0.582. The first-order valence-corrected chi connectivity index (χ1v) is 8.80. The van der Waals surface area contributed by atoms with E-state index in [1.807, 2.05) is 0 Å². The van der Waals surface area contributed by atoms with Crippen molar-refractivity contribution in [3.8, 4) is 11.5 Å². The van der Waals surface area contributed by atoms with Crippen LogP contribution in [0.4, 0.5) is 5.69 Å². The number of carbonyl (C=O) groups is 3. The summed E-state index contributed by atoms with van der Waals surface area (Å²) in [5.41, 5.74) is 0.881. The van der Waals surface area contributed by atoms with Crippen molar-refractivity contribution in [2.24, 2.45) is 5.92 Å². The van der Waals surface area contributed by atoms with Gasteiger partial charge in [-0.05, 0) is 36.4 Å². The SMILES string of the molecule is CCC(=O)Oc1cc(Cl)cc(OC(=O)c2ccc(NC(=O)C(C)C)cc2)c1. The molecule has 0 aliphatic rings. The predicted molar refractivity (Wildman–Crippen MR) is 102 cm³/mol. The van der Waals surface area contributed by atoms with Gasteiger partial charge in [0, 0.05) is 29.1 Å². The smallest absolute Gasteiger partial charge is 0.343 e. The molecule has 2 rings (SSSR count). The molecule has 27 heavy (non-hydrogen) atoms. The molecular formula is C20H20ClNO5. The van der Waals surface area contributed by atoms with Gasteiger partial charge >= 0.3 is 11.9 Å². The molecule has 7 heteroatoms. The van der Waals surface area contributed by atoms with Gasteiger partial charge in [-0.25, -0.2) is 4.79 Å². The number of rotatable bonds is 6. The first-order chi connectivity index (χ1) is 12.8. The molecule has 0 bridgehead atoms. The minimum absolute atomic E-state index is 0.113. The molecule has 0 radical (unpaired) electrons. The third-order valence-corrected chi connectivity index (χ3v) is 3.71. The van der Waals surface area contributed by atoms with Crippen LogP contribution in [0.15, 0.2) is 42.5 Å². The lowest BCUT2D eigenvalue weighted by molar-refractivity contribution is -0.134. The second-order valence-electron chi connectivity index (χ2n) is 6.06. The van der Waals surface area contributed by atoms with Crippen LogP contribution in [0.25, 0.3) is 0 Å². The lowest BCUT2D eigenvalue weighted by Gasteiger charge is -2.10. The van der Waals surface area contributed by atoms with E-state index in [-0.39, 0.29) is 34.8 Å². The summed E-state index contributed by atoms with van der Waals surface area (Å²) in [6.07, 6.45) is 0.210. The number of esters is 2. The van der Waals surface area contributed by atoms with E-state index < -0.39 is 11.9 Å². The Labute approximate surface area is 162 Å². The van der Waals surface area contributed by atoms with Gasteiger partial charge in [-0.15, -0.1) is 0 Å². The van der Waals surface area contributed by atoms with Crippen molar-refractivity contribution in [3.63, 3.8) is 0 Å². The zero-order chi connectivity index (χ0) is 20.0. The zero-order valence-corrected chi connectivity index (χ0v) is 16.0. The number of carbonyl (C=O) groups excluding carboxylic acids is 3. The predicted octanol–water partition coefficient (Wildman–Crippen LogP) is 4.47. The van der Waals surface area contributed by atoms with Crippen LogP contribution in [0.1, 0.15) is 37.6 Å². The molecule has 0 aromatic heterocycles. The molecule has 0 saturated heterocycles. The lowest BCUT2D eigenvalue weighted by atomic mass is 10.1. The van der Waals surface area contributed by atoms with Crippen LogP contribution in [0, 0.1) is 5.92 Å². The van der Waals surface area contributed by atoms with Crippen molar-refractivity contribution in [2.45, 2.75) is 27.2 Å². The average Bonchev–Trinajstić information content (AvgIpc) is 2.61. The highest BCUT2D eigenvalue weighted by molar-refractivity contribution is 6.30. The summed E-state index contributed by atoms with van der Waals surface area (Å²) < 4.78 is 10.4. The van der Waals surface area contributed by atoms with Gasteiger partial charge in [0.25, 0.3) is 0 Å². The number of ether oxygens (including phenoxy) is 2. The molecule has 0 unspecified atom stereocenters. The molecule has 1 amide bonds. The first-order valence-electron chi connectivity index (χ1n) is 8.43. The topological polar surface area (TPSA) is 81.7 Å². The number of nitrogens with one attached hydrogen (secondary N) is 1. The fourth-order valence-corrected chi connectivity index (χ4v) is 2.22. The monoisotopic (exact) mass is 389 g/mol. The van der Waals surface area contributed by atoms with Crippen LogP contribution in [0.2, 0.25) is 5.02 Å². The van der Waals surface area contributed by atoms with Gasteiger partial charge in [0.05, 0.1) is 5.56 Å². The minimum Gasteiger partial charge on any atom is -0.426 e. The van der Waals surface area contributed by atoms with E-state index in [0.29, 0.717) is 11.3 Å². The van der Waals surface area contributed by atoms with E-state index in [0.717, 1.165) is 0 Å². The second-order valence-corrected chi connectivity index (χ2v) is 6.50. The molecular weight excluding hydrogens is 370 g/mol. The number of hydrogen-bond acceptors (Lipinski definition) is 5. The average molecular weight is 390 g/mol. The molecule has 0 heterocycles. The van der Waals surface area contributed by atoms with Gasteiger partial charge < -0.3 is 14.8 Å². The summed E-state index contributed by atoms with van der Waals surface area (Å²) in [4.78, 5) is 35.4. The highest BCUT2D eigenvalue weighted by Crippen LogP contribution is 2.27. The van der Waals surface area contributed by atoms with Crippen molar-refractivity contribution in [3.05, 3.63) is 53.1 Å². The van der Waals surface area contributed by atoms with Crippen LogP contribution >= 0.6 is 11.6 Å². The first kappa shape index (κ1) is 20.5. The van der Waals surface area contributed by atoms with Gasteiger partial charge in [0.15, 0.2) is 0 Å². The van der Waals surface area contributed by atoms with Crippen molar-refractivity contribution in [1.82, 2.24) is 0 Å². The Balaban J connectivity index is 2.08. The van der Waals surface area contributed by atoms with Crippen LogP contribution in [-0.2, 0) is 9.59 Å². The molecule has 2 aromatic carbocycles. The molecule has 0 aliphatic heterocycles. The minimum atomic E-state index is -0.605. The number of benzene rings is 2.